The fraction of sp³-hybridized carbons (Fsp3) is 0.556. The van der Waals surface area contributed by atoms with Gasteiger partial charge >= 0.3 is 0 Å². The molecule has 1 aliphatic heterocycles. The van der Waals surface area contributed by atoms with Crippen LogP contribution in [0.15, 0.2) is 12.1 Å². The smallest absolute Gasteiger partial charge is 0.129 e. The first-order chi connectivity index (χ1) is 6.18. The average molecular weight is 220 g/mol. The minimum absolute atomic E-state index is 0.475. The maximum atomic E-state index is 13.9. The molecule has 1 N–H and O–H groups in total. The molecule has 0 saturated carbocycles. The first-order valence-electron chi connectivity index (χ1n) is 4.32. The summed E-state index contributed by atoms with van der Waals surface area (Å²) in [6, 6.07) is 3.74. The highest BCUT2D eigenvalue weighted by Gasteiger charge is 2.33. The number of alkyl halides is 1. The standard InChI is InChI=1S/C9H11ClFNS/c10-8-2-1-7(13-8)5-9(11)3-4-12-6-9/h1-2,12H,3-6H2. The van der Waals surface area contributed by atoms with E-state index in [0.29, 0.717) is 19.4 Å². The second-order valence-corrected chi connectivity index (χ2v) is 5.26. The number of halogens is 2. The summed E-state index contributed by atoms with van der Waals surface area (Å²) >= 11 is 7.24. The summed E-state index contributed by atoms with van der Waals surface area (Å²) in [5.41, 5.74) is -1.05. The van der Waals surface area contributed by atoms with Crippen LogP contribution >= 0.6 is 22.9 Å². The molecule has 0 aliphatic carbocycles. The molecule has 1 fully saturated rings. The minimum Gasteiger partial charge on any atom is -0.313 e. The van der Waals surface area contributed by atoms with E-state index in [1.807, 2.05) is 12.1 Å². The molecular weight excluding hydrogens is 209 g/mol. The summed E-state index contributed by atoms with van der Waals surface area (Å²) in [7, 11) is 0. The zero-order valence-electron chi connectivity index (χ0n) is 7.15. The van der Waals surface area contributed by atoms with Gasteiger partial charge in [-0.2, -0.15) is 0 Å². The Balaban J connectivity index is 2.04. The van der Waals surface area contributed by atoms with Gasteiger partial charge in [-0.15, -0.1) is 11.3 Å². The van der Waals surface area contributed by atoms with E-state index < -0.39 is 5.67 Å². The molecule has 1 aromatic rings. The Morgan fingerprint density at radius 1 is 1.62 bits per heavy atom. The molecule has 0 aromatic carbocycles. The van der Waals surface area contributed by atoms with E-state index in [-0.39, 0.29) is 0 Å². The summed E-state index contributed by atoms with van der Waals surface area (Å²) in [5.74, 6) is 0. The highest BCUT2D eigenvalue weighted by atomic mass is 35.5. The van der Waals surface area contributed by atoms with Gasteiger partial charge in [-0.25, -0.2) is 4.39 Å². The average Bonchev–Trinajstić information content (AvgIpc) is 2.62. The van der Waals surface area contributed by atoms with Crippen molar-refractivity contribution in [3.05, 3.63) is 21.3 Å². The lowest BCUT2D eigenvalue weighted by molar-refractivity contribution is 0.192. The molecule has 0 bridgehead atoms. The Kier molecular flexibility index (Phi) is 2.58. The van der Waals surface area contributed by atoms with Crippen LogP contribution in [0.5, 0.6) is 0 Å². The van der Waals surface area contributed by atoms with Crippen LogP contribution in [0.3, 0.4) is 0 Å². The lowest BCUT2D eigenvalue weighted by atomic mass is 10.0. The van der Waals surface area contributed by atoms with Gasteiger partial charge in [0.25, 0.3) is 0 Å². The summed E-state index contributed by atoms with van der Waals surface area (Å²) in [5, 5.41) is 3.04. The summed E-state index contributed by atoms with van der Waals surface area (Å²) in [6.07, 6.45) is 1.11. The van der Waals surface area contributed by atoms with E-state index in [1.54, 1.807) is 0 Å². The number of rotatable bonds is 2. The molecule has 0 spiro atoms. The first kappa shape index (κ1) is 9.44. The molecule has 1 atom stereocenters. The second kappa shape index (κ2) is 3.56. The molecule has 0 radical (unpaired) electrons. The molecule has 1 aromatic heterocycles. The van der Waals surface area contributed by atoms with Crippen molar-refractivity contribution in [1.29, 1.82) is 0 Å². The molecule has 2 heterocycles. The van der Waals surface area contributed by atoms with Gasteiger partial charge in [0.1, 0.15) is 5.67 Å². The maximum absolute atomic E-state index is 13.9. The first-order valence-corrected chi connectivity index (χ1v) is 5.51. The second-order valence-electron chi connectivity index (χ2n) is 3.46. The van der Waals surface area contributed by atoms with Gasteiger partial charge in [0.05, 0.1) is 4.34 Å². The highest BCUT2D eigenvalue weighted by molar-refractivity contribution is 7.16. The number of nitrogens with one attached hydrogen (secondary N) is 1. The van der Waals surface area contributed by atoms with Crippen LogP contribution in [-0.4, -0.2) is 18.8 Å². The fourth-order valence-electron chi connectivity index (χ4n) is 1.62. The van der Waals surface area contributed by atoms with Gasteiger partial charge in [0.15, 0.2) is 0 Å². The Labute approximate surface area is 85.9 Å². The van der Waals surface area contributed by atoms with Gasteiger partial charge in [-0.05, 0) is 25.1 Å². The molecule has 72 valence electrons. The molecule has 0 amide bonds. The van der Waals surface area contributed by atoms with E-state index in [1.165, 1.54) is 11.3 Å². The third-order valence-corrected chi connectivity index (χ3v) is 3.54. The Bertz CT molecular complexity index is 294. The third kappa shape index (κ3) is 2.22. The quantitative estimate of drug-likeness (QED) is 0.807. The van der Waals surface area contributed by atoms with Crippen molar-refractivity contribution in [2.24, 2.45) is 0 Å². The monoisotopic (exact) mass is 219 g/mol. The van der Waals surface area contributed by atoms with Gasteiger partial charge < -0.3 is 5.32 Å². The SMILES string of the molecule is FC1(Cc2ccc(Cl)s2)CCNC1. The molecular formula is C9H11ClFNS. The summed E-state index contributed by atoms with van der Waals surface area (Å²) in [6.45, 7) is 1.26. The van der Waals surface area contributed by atoms with Gasteiger partial charge in [0, 0.05) is 17.8 Å². The van der Waals surface area contributed by atoms with Crippen LogP contribution in [0, 0.1) is 0 Å². The topological polar surface area (TPSA) is 12.0 Å². The fourth-order valence-corrected chi connectivity index (χ4v) is 2.84. The molecule has 1 aliphatic rings. The van der Waals surface area contributed by atoms with Crippen LogP contribution in [0.2, 0.25) is 4.34 Å². The Morgan fingerprint density at radius 2 is 2.46 bits per heavy atom. The van der Waals surface area contributed by atoms with Crippen molar-refractivity contribution >= 4 is 22.9 Å². The van der Waals surface area contributed by atoms with Crippen LogP contribution in [-0.2, 0) is 6.42 Å². The van der Waals surface area contributed by atoms with E-state index in [9.17, 15) is 4.39 Å². The number of thiophene rings is 1. The van der Waals surface area contributed by atoms with Crippen LogP contribution < -0.4 is 5.32 Å². The molecule has 1 unspecified atom stereocenters. The normalized spacial score (nSPS) is 28.2. The Morgan fingerprint density at radius 3 is 3.00 bits per heavy atom. The largest absolute Gasteiger partial charge is 0.313 e. The van der Waals surface area contributed by atoms with E-state index in [4.69, 9.17) is 11.6 Å². The zero-order chi connectivity index (χ0) is 9.31. The van der Waals surface area contributed by atoms with E-state index in [0.717, 1.165) is 15.8 Å². The Hall–Kier alpha value is -0.120. The van der Waals surface area contributed by atoms with Crippen molar-refractivity contribution in [3.8, 4) is 0 Å². The van der Waals surface area contributed by atoms with E-state index >= 15 is 0 Å². The van der Waals surface area contributed by atoms with Crippen molar-refractivity contribution in [2.45, 2.75) is 18.5 Å². The lowest BCUT2D eigenvalue weighted by Crippen LogP contribution is -2.28. The van der Waals surface area contributed by atoms with Crippen molar-refractivity contribution < 1.29 is 4.39 Å². The third-order valence-electron chi connectivity index (χ3n) is 2.31. The zero-order valence-corrected chi connectivity index (χ0v) is 8.72. The van der Waals surface area contributed by atoms with Crippen LogP contribution in [0.4, 0.5) is 4.39 Å². The minimum atomic E-state index is -1.05. The van der Waals surface area contributed by atoms with Crippen molar-refractivity contribution in [2.75, 3.05) is 13.1 Å². The molecule has 1 saturated heterocycles. The molecule has 1 nitrogen and oxygen atoms in total. The van der Waals surface area contributed by atoms with Gasteiger partial charge in [-0.3, -0.25) is 0 Å². The maximum Gasteiger partial charge on any atom is 0.129 e. The van der Waals surface area contributed by atoms with Gasteiger partial charge in [-0.1, -0.05) is 11.6 Å². The van der Waals surface area contributed by atoms with Crippen LogP contribution in [0.25, 0.3) is 0 Å². The molecule has 13 heavy (non-hydrogen) atoms. The number of hydrogen-bond donors (Lipinski definition) is 1. The highest BCUT2D eigenvalue weighted by Crippen LogP contribution is 2.30. The molecule has 4 heteroatoms. The van der Waals surface area contributed by atoms with E-state index in [2.05, 4.69) is 5.32 Å². The predicted octanol–water partition coefficient (Wildman–Crippen LogP) is 2.65. The van der Waals surface area contributed by atoms with Crippen LogP contribution in [0.1, 0.15) is 11.3 Å². The number of hydrogen-bond acceptors (Lipinski definition) is 2. The summed E-state index contributed by atoms with van der Waals surface area (Å²) < 4.78 is 14.6. The van der Waals surface area contributed by atoms with Crippen molar-refractivity contribution in [1.82, 2.24) is 5.32 Å². The van der Waals surface area contributed by atoms with Gasteiger partial charge in [0.2, 0.25) is 0 Å². The lowest BCUT2D eigenvalue weighted by Gasteiger charge is -2.16. The predicted molar refractivity (Wildman–Crippen MR) is 54.4 cm³/mol. The van der Waals surface area contributed by atoms with Crippen molar-refractivity contribution in [3.63, 3.8) is 0 Å². The molecule has 2 rings (SSSR count). The summed E-state index contributed by atoms with van der Waals surface area (Å²) in [4.78, 5) is 1.04.